The van der Waals surface area contributed by atoms with E-state index in [4.69, 9.17) is 4.52 Å². The van der Waals surface area contributed by atoms with E-state index in [2.05, 4.69) is 34.0 Å². The van der Waals surface area contributed by atoms with Crippen LogP contribution < -0.4 is 5.56 Å². The van der Waals surface area contributed by atoms with Gasteiger partial charge >= 0.3 is 0 Å². The van der Waals surface area contributed by atoms with Crippen molar-refractivity contribution in [3.05, 3.63) is 33.8 Å². The molecule has 0 unspecified atom stereocenters. The molecule has 0 spiro atoms. The van der Waals surface area contributed by atoms with Crippen LogP contribution in [-0.4, -0.2) is 20.1 Å². The van der Waals surface area contributed by atoms with Crippen LogP contribution in [0, 0.1) is 0 Å². The molecule has 0 saturated carbocycles. The molecule has 0 atom stereocenters. The predicted molar refractivity (Wildman–Crippen MR) is 76.7 cm³/mol. The van der Waals surface area contributed by atoms with Crippen LogP contribution in [0.25, 0.3) is 0 Å². The molecule has 0 bridgehead atoms. The summed E-state index contributed by atoms with van der Waals surface area (Å²) in [5, 5.41) is 4.48. The first-order valence-corrected chi connectivity index (χ1v) is 7.74. The molecular weight excluding hydrogens is 276 g/mol. The first kappa shape index (κ1) is 14.8. The smallest absolute Gasteiger partial charge is 0.251 e. The summed E-state index contributed by atoms with van der Waals surface area (Å²) in [6, 6.07) is 1.54. The summed E-state index contributed by atoms with van der Waals surface area (Å²) in [4.78, 5) is 22.9. The number of rotatable bonds is 7. The van der Waals surface area contributed by atoms with Crippen LogP contribution in [-0.2, 0) is 18.6 Å². The van der Waals surface area contributed by atoms with Gasteiger partial charge in [-0.25, -0.2) is 4.98 Å². The Morgan fingerprint density at radius 2 is 2.05 bits per heavy atom. The predicted octanol–water partition coefficient (Wildman–Crippen LogP) is 2.35. The summed E-state index contributed by atoms with van der Waals surface area (Å²) in [6.45, 7) is 4.13. The molecule has 6 nitrogen and oxygen atoms in total. The van der Waals surface area contributed by atoms with Crippen molar-refractivity contribution in [2.24, 2.45) is 0 Å². The van der Waals surface area contributed by atoms with Crippen molar-refractivity contribution in [2.75, 3.05) is 0 Å². The second-order valence-corrected chi connectivity index (χ2v) is 5.40. The minimum absolute atomic E-state index is 0.122. The zero-order chi connectivity index (χ0) is 14.4. The number of aromatic nitrogens is 4. The fraction of sp³-hybridized carbons (Fsp3) is 0.538. The lowest BCUT2D eigenvalue weighted by molar-refractivity contribution is 0.384. The number of hydrogen-bond acceptors (Lipinski definition) is 6. The number of aryl methyl sites for hydroxylation is 2. The third kappa shape index (κ3) is 4.19. The standard InChI is InChI=1S/C13H18N4O2S/c1-3-5-9-7-11(18)16-13(14-9)20-8-12-15-10(6-4-2)17-19-12/h7H,3-6,8H2,1-2H3,(H,14,16,18). The van der Waals surface area contributed by atoms with Gasteiger partial charge in [-0.1, -0.05) is 37.2 Å². The minimum atomic E-state index is -0.122. The van der Waals surface area contributed by atoms with Gasteiger partial charge in [0.2, 0.25) is 5.89 Å². The Bertz CT molecular complexity index is 608. The molecular formula is C13H18N4O2S. The van der Waals surface area contributed by atoms with Crippen molar-refractivity contribution in [2.45, 2.75) is 50.4 Å². The van der Waals surface area contributed by atoms with Crippen molar-refractivity contribution < 1.29 is 4.52 Å². The largest absolute Gasteiger partial charge is 0.338 e. The Hall–Kier alpha value is -1.63. The van der Waals surface area contributed by atoms with Crippen molar-refractivity contribution in [1.82, 2.24) is 20.1 Å². The maximum atomic E-state index is 11.5. The minimum Gasteiger partial charge on any atom is -0.338 e. The van der Waals surface area contributed by atoms with Gasteiger partial charge in [-0.3, -0.25) is 4.79 Å². The maximum absolute atomic E-state index is 11.5. The van der Waals surface area contributed by atoms with E-state index in [1.165, 1.54) is 11.8 Å². The van der Waals surface area contributed by atoms with E-state index in [-0.39, 0.29) is 5.56 Å². The lowest BCUT2D eigenvalue weighted by Gasteiger charge is -2.01. The summed E-state index contributed by atoms with van der Waals surface area (Å²) in [6.07, 6.45) is 3.57. The first-order chi connectivity index (χ1) is 9.71. The Balaban J connectivity index is 2.00. The zero-order valence-electron chi connectivity index (χ0n) is 11.7. The number of nitrogens with zero attached hydrogens (tertiary/aromatic N) is 3. The van der Waals surface area contributed by atoms with Gasteiger partial charge in [-0.05, 0) is 12.8 Å². The van der Waals surface area contributed by atoms with Gasteiger partial charge in [-0.2, -0.15) is 4.98 Å². The van der Waals surface area contributed by atoms with Crippen molar-refractivity contribution in [3.8, 4) is 0 Å². The molecule has 0 fully saturated rings. The summed E-state index contributed by atoms with van der Waals surface area (Å²) in [5.74, 6) is 1.79. The Kier molecular flexibility index (Phi) is 5.34. The second-order valence-electron chi connectivity index (χ2n) is 4.43. The lowest BCUT2D eigenvalue weighted by atomic mass is 10.2. The Morgan fingerprint density at radius 3 is 2.80 bits per heavy atom. The van der Waals surface area contributed by atoms with E-state index < -0.39 is 0 Å². The molecule has 2 aromatic rings. The number of hydrogen-bond donors (Lipinski definition) is 1. The van der Waals surface area contributed by atoms with Crippen molar-refractivity contribution >= 4 is 11.8 Å². The lowest BCUT2D eigenvalue weighted by Crippen LogP contribution is -2.09. The summed E-state index contributed by atoms with van der Waals surface area (Å²) in [7, 11) is 0. The van der Waals surface area contributed by atoms with E-state index in [0.717, 1.165) is 37.2 Å². The Morgan fingerprint density at radius 1 is 1.25 bits per heavy atom. The van der Waals surface area contributed by atoms with Gasteiger partial charge in [0, 0.05) is 18.2 Å². The highest BCUT2D eigenvalue weighted by atomic mass is 32.2. The highest BCUT2D eigenvalue weighted by Crippen LogP contribution is 2.17. The fourth-order valence-corrected chi connectivity index (χ4v) is 2.47. The summed E-state index contributed by atoms with van der Waals surface area (Å²) in [5.41, 5.74) is 0.694. The average molecular weight is 294 g/mol. The summed E-state index contributed by atoms with van der Waals surface area (Å²) < 4.78 is 5.15. The molecule has 1 N–H and O–H groups in total. The molecule has 2 aromatic heterocycles. The molecule has 0 aliphatic rings. The third-order valence-electron chi connectivity index (χ3n) is 2.60. The molecule has 0 aromatic carbocycles. The Labute approximate surface area is 121 Å². The van der Waals surface area contributed by atoms with Crippen LogP contribution in [0.1, 0.15) is 44.1 Å². The molecule has 0 saturated heterocycles. The second kappa shape index (κ2) is 7.23. The highest BCUT2D eigenvalue weighted by Gasteiger charge is 2.08. The molecule has 0 amide bonds. The van der Waals surface area contributed by atoms with Gasteiger partial charge in [0.15, 0.2) is 11.0 Å². The topological polar surface area (TPSA) is 84.7 Å². The van der Waals surface area contributed by atoms with E-state index in [1.54, 1.807) is 6.07 Å². The summed E-state index contributed by atoms with van der Waals surface area (Å²) >= 11 is 1.40. The first-order valence-electron chi connectivity index (χ1n) is 6.75. The quantitative estimate of drug-likeness (QED) is 0.623. The van der Waals surface area contributed by atoms with Gasteiger partial charge in [-0.15, -0.1) is 0 Å². The van der Waals surface area contributed by atoms with Crippen LogP contribution >= 0.6 is 11.8 Å². The van der Waals surface area contributed by atoms with Gasteiger partial charge in [0.1, 0.15) is 0 Å². The fourth-order valence-electron chi connectivity index (χ4n) is 1.74. The number of H-pyrrole nitrogens is 1. The molecule has 0 radical (unpaired) electrons. The van der Waals surface area contributed by atoms with Crippen LogP contribution in [0.15, 0.2) is 20.5 Å². The number of nitrogens with one attached hydrogen (secondary N) is 1. The molecule has 7 heteroatoms. The van der Waals surface area contributed by atoms with E-state index in [1.807, 2.05) is 0 Å². The van der Waals surface area contributed by atoms with Crippen LogP contribution in [0.3, 0.4) is 0 Å². The highest BCUT2D eigenvalue weighted by molar-refractivity contribution is 7.98. The van der Waals surface area contributed by atoms with Gasteiger partial charge < -0.3 is 9.51 Å². The monoisotopic (exact) mass is 294 g/mol. The van der Waals surface area contributed by atoms with Gasteiger partial charge in [0.05, 0.1) is 5.75 Å². The third-order valence-corrected chi connectivity index (χ3v) is 3.45. The molecule has 20 heavy (non-hydrogen) atoms. The average Bonchev–Trinajstić information content (AvgIpc) is 2.84. The SMILES string of the molecule is CCCc1cc(=O)[nH]c(SCc2nc(CCC)no2)n1. The van der Waals surface area contributed by atoms with Crippen molar-refractivity contribution in [1.29, 1.82) is 0 Å². The number of thioether (sulfide) groups is 1. The van der Waals surface area contributed by atoms with Crippen molar-refractivity contribution in [3.63, 3.8) is 0 Å². The number of aromatic amines is 1. The van der Waals surface area contributed by atoms with Crippen LogP contribution in [0.2, 0.25) is 0 Å². The van der Waals surface area contributed by atoms with Gasteiger partial charge in [0.25, 0.3) is 5.56 Å². The molecule has 2 heterocycles. The van der Waals surface area contributed by atoms with Crippen LogP contribution in [0.4, 0.5) is 0 Å². The molecule has 0 aliphatic heterocycles. The zero-order valence-corrected chi connectivity index (χ0v) is 12.5. The maximum Gasteiger partial charge on any atom is 0.251 e. The molecule has 2 rings (SSSR count). The van der Waals surface area contributed by atoms with Crippen LogP contribution in [0.5, 0.6) is 0 Å². The molecule has 108 valence electrons. The van der Waals surface area contributed by atoms with E-state index in [9.17, 15) is 4.79 Å². The normalized spacial score (nSPS) is 10.9. The molecule has 0 aliphatic carbocycles. The van der Waals surface area contributed by atoms with E-state index in [0.29, 0.717) is 16.8 Å². The van der Waals surface area contributed by atoms with E-state index >= 15 is 0 Å².